The minimum Gasteiger partial charge on any atom is -0.288 e. The third-order valence-corrected chi connectivity index (χ3v) is 4.02. The van der Waals surface area contributed by atoms with Crippen LogP contribution >= 0.6 is 25.3 Å². The fourth-order valence-electron chi connectivity index (χ4n) is 2.58. The van der Waals surface area contributed by atoms with Crippen molar-refractivity contribution >= 4 is 35.5 Å². The normalized spacial score (nSPS) is 32.2. The molecule has 104 valence electrons. The summed E-state index contributed by atoms with van der Waals surface area (Å²) < 4.78 is 26.7. The van der Waals surface area contributed by atoms with Gasteiger partial charge >= 0.3 is 0 Å². The van der Waals surface area contributed by atoms with Crippen molar-refractivity contribution in [3.8, 4) is 0 Å². The summed E-state index contributed by atoms with van der Waals surface area (Å²) in [5.74, 6) is -0.0911. The van der Waals surface area contributed by atoms with Crippen molar-refractivity contribution in [2.45, 2.75) is 50.9 Å². The molecule has 0 radical (unpaired) electrons. The Kier molecular flexibility index (Phi) is 6.63. The van der Waals surface area contributed by atoms with Gasteiger partial charge in [0.05, 0.1) is 0 Å². The fraction of sp³-hybridized carbons (Fsp3) is 0.833. The molecule has 1 aliphatic rings. The first kappa shape index (κ1) is 16.0. The van der Waals surface area contributed by atoms with E-state index in [2.05, 4.69) is 25.3 Å². The Bertz CT molecular complexity index is 282. The highest BCUT2D eigenvalue weighted by Gasteiger charge is 2.37. The van der Waals surface area contributed by atoms with Crippen molar-refractivity contribution in [2.24, 2.45) is 11.8 Å². The van der Waals surface area contributed by atoms with Gasteiger partial charge in [-0.3, -0.25) is 9.59 Å². The Morgan fingerprint density at radius 1 is 0.889 bits per heavy atom. The maximum absolute atomic E-state index is 13.4. The molecule has 0 heterocycles. The quantitative estimate of drug-likeness (QED) is 0.738. The first-order valence-electron chi connectivity index (χ1n) is 6.12. The Morgan fingerprint density at radius 3 is 1.50 bits per heavy atom. The topological polar surface area (TPSA) is 34.1 Å². The zero-order valence-electron chi connectivity index (χ0n) is 10.0. The van der Waals surface area contributed by atoms with Gasteiger partial charge in [0.2, 0.25) is 0 Å². The molecule has 4 atom stereocenters. The molecule has 0 amide bonds. The molecule has 0 spiro atoms. The highest BCUT2D eigenvalue weighted by molar-refractivity contribution is 7.96. The Hall–Kier alpha value is -0.100. The van der Waals surface area contributed by atoms with Crippen LogP contribution in [-0.2, 0) is 9.59 Å². The summed E-state index contributed by atoms with van der Waals surface area (Å²) in [6.45, 7) is 0. The summed E-state index contributed by atoms with van der Waals surface area (Å²) in [6, 6.07) is 0. The second kappa shape index (κ2) is 7.48. The Balaban J connectivity index is 2.55. The van der Waals surface area contributed by atoms with Crippen molar-refractivity contribution < 1.29 is 18.4 Å². The number of hydrogen-bond acceptors (Lipinski definition) is 2. The lowest BCUT2D eigenvalue weighted by Gasteiger charge is -2.35. The third kappa shape index (κ3) is 5.26. The van der Waals surface area contributed by atoms with Crippen LogP contribution in [0.1, 0.15) is 38.5 Å². The number of carbonyl (C=O) groups excluding carboxylic acids is 2. The van der Waals surface area contributed by atoms with E-state index in [1.165, 1.54) is 0 Å². The van der Waals surface area contributed by atoms with Gasteiger partial charge in [-0.2, -0.15) is 0 Å². The molecule has 0 N–H and O–H groups in total. The van der Waals surface area contributed by atoms with Crippen LogP contribution in [0.3, 0.4) is 0 Å². The molecule has 0 aliphatic heterocycles. The van der Waals surface area contributed by atoms with Crippen LogP contribution in [0.15, 0.2) is 0 Å². The van der Waals surface area contributed by atoms with E-state index in [0.29, 0.717) is 12.8 Å². The van der Waals surface area contributed by atoms with E-state index in [1.54, 1.807) is 0 Å². The van der Waals surface area contributed by atoms with E-state index in [4.69, 9.17) is 0 Å². The fourth-order valence-corrected chi connectivity index (χ4v) is 2.84. The summed E-state index contributed by atoms with van der Waals surface area (Å²) >= 11 is 7.36. The number of hydrogen-bond donors (Lipinski definition) is 2. The molecule has 0 bridgehead atoms. The zero-order chi connectivity index (χ0) is 13.7. The molecule has 1 aliphatic carbocycles. The van der Waals surface area contributed by atoms with Crippen LogP contribution < -0.4 is 0 Å². The van der Waals surface area contributed by atoms with Crippen LogP contribution in [0.25, 0.3) is 0 Å². The maximum atomic E-state index is 13.4. The summed E-state index contributed by atoms with van der Waals surface area (Å²) in [4.78, 5) is 21.7. The predicted molar refractivity (Wildman–Crippen MR) is 72.5 cm³/mol. The van der Waals surface area contributed by atoms with E-state index in [9.17, 15) is 18.4 Å². The van der Waals surface area contributed by atoms with E-state index in [0.717, 1.165) is 0 Å². The van der Waals surface area contributed by atoms with Gasteiger partial charge in [-0.05, 0) is 37.5 Å². The SMILES string of the molecule is O=C(S)CC[C@@H]1C[C@@H](F)[C@H](F)C[C@H]1CCC(=O)S. The molecular formula is C12H18F2O2S2. The minimum absolute atomic E-state index is 0.0456. The van der Waals surface area contributed by atoms with Crippen molar-refractivity contribution in [3.63, 3.8) is 0 Å². The maximum Gasteiger partial charge on any atom is 0.185 e. The van der Waals surface area contributed by atoms with Crippen molar-refractivity contribution in [2.75, 3.05) is 0 Å². The summed E-state index contributed by atoms with van der Waals surface area (Å²) in [5, 5.41) is -0.478. The molecule has 1 saturated carbocycles. The minimum atomic E-state index is -1.45. The molecular weight excluding hydrogens is 278 g/mol. The summed E-state index contributed by atoms with van der Waals surface area (Å²) in [6.07, 6.45) is -1.07. The van der Waals surface area contributed by atoms with Crippen molar-refractivity contribution in [1.29, 1.82) is 0 Å². The molecule has 18 heavy (non-hydrogen) atoms. The number of halogens is 2. The van der Waals surface area contributed by atoms with Gasteiger partial charge in [0.15, 0.2) is 10.2 Å². The van der Waals surface area contributed by atoms with E-state index in [-0.39, 0.29) is 47.7 Å². The molecule has 0 unspecified atom stereocenters. The Labute approximate surface area is 117 Å². The van der Waals surface area contributed by atoms with E-state index in [1.807, 2.05) is 0 Å². The zero-order valence-corrected chi connectivity index (χ0v) is 11.8. The first-order chi connectivity index (χ1) is 8.40. The van der Waals surface area contributed by atoms with Crippen molar-refractivity contribution in [1.82, 2.24) is 0 Å². The third-order valence-electron chi connectivity index (χ3n) is 3.57. The Morgan fingerprint density at radius 2 is 1.22 bits per heavy atom. The highest BCUT2D eigenvalue weighted by atomic mass is 32.1. The van der Waals surface area contributed by atoms with E-state index >= 15 is 0 Å². The van der Waals surface area contributed by atoms with Crippen LogP contribution in [0, 0.1) is 11.8 Å². The number of thiol groups is 2. The van der Waals surface area contributed by atoms with Gasteiger partial charge in [-0.15, -0.1) is 25.3 Å². The lowest BCUT2D eigenvalue weighted by Crippen LogP contribution is -2.34. The number of carbonyl (C=O) groups is 2. The average Bonchev–Trinajstić information content (AvgIpc) is 2.28. The second-order valence-corrected chi connectivity index (χ2v) is 5.89. The summed E-state index contributed by atoms with van der Waals surface area (Å²) in [5.41, 5.74) is 0. The first-order valence-corrected chi connectivity index (χ1v) is 7.01. The molecule has 1 rings (SSSR count). The van der Waals surface area contributed by atoms with Gasteiger partial charge in [-0.1, -0.05) is 0 Å². The van der Waals surface area contributed by atoms with E-state index < -0.39 is 12.3 Å². The van der Waals surface area contributed by atoms with Gasteiger partial charge in [0.1, 0.15) is 12.3 Å². The highest BCUT2D eigenvalue weighted by Crippen LogP contribution is 2.39. The second-order valence-electron chi connectivity index (χ2n) is 4.89. The van der Waals surface area contributed by atoms with Gasteiger partial charge < -0.3 is 0 Å². The lowest BCUT2D eigenvalue weighted by molar-refractivity contribution is -0.112. The molecule has 1 fully saturated rings. The number of rotatable bonds is 6. The predicted octanol–water partition coefficient (Wildman–Crippen LogP) is 3.16. The van der Waals surface area contributed by atoms with Gasteiger partial charge in [0, 0.05) is 12.8 Å². The van der Waals surface area contributed by atoms with Crippen molar-refractivity contribution in [3.05, 3.63) is 0 Å². The smallest absolute Gasteiger partial charge is 0.185 e. The largest absolute Gasteiger partial charge is 0.288 e. The molecule has 6 heteroatoms. The lowest BCUT2D eigenvalue weighted by atomic mass is 9.73. The standard InChI is InChI=1S/C12H18F2O2S2/c13-9-5-7(1-3-11(15)17)8(6-10(9)14)2-4-12(16)18/h7-10H,1-6H2,(H,15,17)(H,16,18)/t7-,8-,9-,10-/m1/s1. The molecule has 0 aromatic heterocycles. The van der Waals surface area contributed by atoms with Gasteiger partial charge in [-0.25, -0.2) is 8.78 Å². The van der Waals surface area contributed by atoms with Crippen LogP contribution in [0.4, 0.5) is 8.78 Å². The molecule has 0 saturated heterocycles. The van der Waals surface area contributed by atoms with Gasteiger partial charge in [0.25, 0.3) is 0 Å². The number of alkyl halides is 2. The molecule has 0 aromatic carbocycles. The summed E-state index contributed by atoms with van der Waals surface area (Å²) in [7, 11) is 0. The van der Waals surface area contributed by atoms with Crippen LogP contribution in [-0.4, -0.2) is 22.6 Å². The van der Waals surface area contributed by atoms with Crippen LogP contribution in [0.2, 0.25) is 0 Å². The van der Waals surface area contributed by atoms with Crippen LogP contribution in [0.5, 0.6) is 0 Å². The average molecular weight is 296 g/mol. The molecule has 0 aromatic rings. The monoisotopic (exact) mass is 296 g/mol. The molecule has 2 nitrogen and oxygen atoms in total.